The fraction of sp³-hybridized carbons (Fsp3) is 0.571. The van der Waals surface area contributed by atoms with Crippen LogP contribution < -0.4 is 0 Å². The van der Waals surface area contributed by atoms with Crippen molar-refractivity contribution >= 4 is 0 Å². The van der Waals surface area contributed by atoms with Gasteiger partial charge in [0.2, 0.25) is 0 Å². The van der Waals surface area contributed by atoms with Crippen LogP contribution in [-0.4, -0.2) is 6.18 Å². The molecule has 1 aromatic carbocycles. The van der Waals surface area contributed by atoms with Gasteiger partial charge >= 0.3 is 6.18 Å². The SMILES string of the molecule is CC.CC(F)(F)F.CCCc1ccccc1C. The molecule has 1 aromatic rings. The molecule has 0 bridgehead atoms. The predicted octanol–water partition coefficient (Wildman–Crippen LogP) is 5.54. The Balaban J connectivity index is 0. The van der Waals surface area contributed by atoms with Crippen LogP contribution in [0.25, 0.3) is 0 Å². The van der Waals surface area contributed by atoms with Gasteiger partial charge in [0.1, 0.15) is 0 Å². The molecule has 0 N–H and O–H groups in total. The van der Waals surface area contributed by atoms with Gasteiger partial charge in [0.05, 0.1) is 0 Å². The predicted molar refractivity (Wildman–Crippen MR) is 68.3 cm³/mol. The molecule has 0 saturated carbocycles. The molecule has 1 rings (SSSR count). The monoisotopic (exact) mass is 248 g/mol. The maximum atomic E-state index is 10.4. The smallest absolute Gasteiger partial charge is 0.172 e. The Bertz CT molecular complexity index is 271. The lowest BCUT2D eigenvalue weighted by atomic mass is 10.1. The molecule has 17 heavy (non-hydrogen) atoms. The molecule has 0 amide bonds. The van der Waals surface area contributed by atoms with E-state index >= 15 is 0 Å². The minimum atomic E-state index is -4.00. The summed E-state index contributed by atoms with van der Waals surface area (Å²) in [6, 6.07) is 8.58. The highest BCUT2D eigenvalue weighted by atomic mass is 19.4. The van der Waals surface area contributed by atoms with Crippen LogP contribution in [0.5, 0.6) is 0 Å². The van der Waals surface area contributed by atoms with Crippen LogP contribution in [0.2, 0.25) is 0 Å². The molecule has 0 aliphatic rings. The molecule has 0 aromatic heterocycles. The van der Waals surface area contributed by atoms with E-state index in [0.29, 0.717) is 0 Å². The van der Waals surface area contributed by atoms with E-state index in [0.717, 1.165) is 0 Å². The van der Waals surface area contributed by atoms with Crippen molar-refractivity contribution in [1.82, 2.24) is 0 Å². The minimum Gasteiger partial charge on any atom is -0.172 e. The summed E-state index contributed by atoms with van der Waals surface area (Å²) in [5.41, 5.74) is 2.91. The second-order valence-corrected chi connectivity index (χ2v) is 3.46. The zero-order valence-electron chi connectivity index (χ0n) is 11.4. The molecule has 0 atom stereocenters. The molecule has 0 unspecified atom stereocenters. The van der Waals surface area contributed by atoms with Gasteiger partial charge in [-0.15, -0.1) is 0 Å². The van der Waals surface area contributed by atoms with Crippen molar-refractivity contribution in [1.29, 1.82) is 0 Å². The van der Waals surface area contributed by atoms with E-state index in [1.54, 1.807) is 0 Å². The number of aryl methyl sites for hydroxylation is 2. The van der Waals surface area contributed by atoms with Gasteiger partial charge in [0.25, 0.3) is 0 Å². The first-order valence-corrected chi connectivity index (χ1v) is 5.95. The number of hydrogen-bond acceptors (Lipinski definition) is 0. The summed E-state index contributed by atoms with van der Waals surface area (Å²) in [7, 11) is 0. The third-order valence-corrected chi connectivity index (χ3v) is 1.78. The van der Waals surface area contributed by atoms with E-state index in [-0.39, 0.29) is 6.92 Å². The lowest BCUT2D eigenvalue weighted by molar-refractivity contribution is -0.110. The summed E-state index contributed by atoms with van der Waals surface area (Å²) in [6.45, 7) is 8.57. The number of halogens is 3. The summed E-state index contributed by atoms with van der Waals surface area (Å²) in [5, 5.41) is 0. The molecular formula is C14H23F3. The Morgan fingerprint density at radius 3 is 1.82 bits per heavy atom. The second kappa shape index (κ2) is 10.2. The van der Waals surface area contributed by atoms with E-state index in [2.05, 4.69) is 38.1 Å². The Morgan fingerprint density at radius 1 is 1.06 bits per heavy atom. The van der Waals surface area contributed by atoms with Gasteiger partial charge < -0.3 is 0 Å². The fourth-order valence-electron chi connectivity index (χ4n) is 1.16. The summed E-state index contributed by atoms with van der Waals surface area (Å²) < 4.78 is 31.1. The second-order valence-electron chi connectivity index (χ2n) is 3.46. The first kappa shape index (κ1) is 18.4. The van der Waals surface area contributed by atoms with Gasteiger partial charge in [0, 0.05) is 6.92 Å². The van der Waals surface area contributed by atoms with E-state index in [4.69, 9.17) is 0 Å². The molecule has 0 aliphatic heterocycles. The van der Waals surface area contributed by atoms with Gasteiger partial charge in [-0.05, 0) is 24.5 Å². The number of alkyl halides is 3. The topological polar surface area (TPSA) is 0 Å². The van der Waals surface area contributed by atoms with E-state index in [9.17, 15) is 13.2 Å². The quantitative estimate of drug-likeness (QED) is 0.644. The molecule has 0 saturated heterocycles. The van der Waals surface area contributed by atoms with Crippen molar-refractivity contribution in [3.63, 3.8) is 0 Å². The van der Waals surface area contributed by atoms with E-state index in [1.165, 1.54) is 24.0 Å². The van der Waals surface area contributed by atoms with Gasteiger partial charge in [-0.3, -0.25) is 0 Å². The minimum absolute atomic E-state index is 0.188. The normalized spacial score (nSPS) is 9.65. The van der Waals surface area contributed by atoms with Crippen LogP contribution in [0.4, 0.5) is 13.2 Å². The van der Waals surface area contributed by atoms with Crippen molar-refractivity contribution in [2.45, 2.75) is 53.6 Å². The molecule has 0 fully saturated rings. The fourth-order valence-corrected chi connectivity index (χ4v) is 1.16. The van der Waals surface area contributed by atoms with Gasteiger partial charge in [-0.2, -0.15) is 13.2 Å². The summed E-state index contributed by atoms with van der Waals surface area (Å²) >= 11 is 0. The number of benzene rings is 1. The average Bonchev–Trinajstić information content (AvgIpc) is 2.22. The average molecular weight is 248 g/mol. The molecule has 3 heteroatoms. The van der Waals surface area contributed by atoms with Gasteiger partial charge in [0.15, 0.2) is 0 Å². The van der Waals surface area contributed by atoms with Crippen molar-refractivity contribution in [2.24, 2.45) is 0 Å². The first-order chi connectivity index (χ1) is 7.84. The largest absolute Gasteiger partial charge is 0.386 e. The van der Waals surface area contributed by atoms with Crippen LogP contribution in [0, 0.1) is 6.92 Å². The first-order valence-electron chi connectivity index (χ1n) is 5.95. The van der Waals surface area contributed by atoms with Crippen molar-refractivity contribution < 1.29 is 13.2 Å². The molecular weight excluding hydrogens is 225 g/mol. The van der Waals surface area contributed by atoms with Crippen molar-refractivity contribution in [2.75, 3.05) is 0 Å². The van der Waals surface area contributed by atoms with E-state index < -0.39 is 6.18 Å². The Hall–Kier alpha value is -0.990. The van der Waals surface area contributed by atoms with Crippen LogP contribution >= 0.6 is 0 Å². The molecule has 0 spiro atoms. The lowest BCUT2D eigenvalue weighted by Gasteiger charge is -2.01. The maximum Gasteiger partial charge on any atom is 0.386 e. The molecule has 0 nitrogen and oxygen atoms in total. The maximum absolute atomic E-state index is 10.4. The molecule has 0 heterocycles. The zero-order valence-corrected chi connectivity index (χ0v) is 11.4. The Labute approximate surface area is 103 Å². The highest BCUT2D eigenvalue weighted by Gasteiger charge is 2.15. The van der Waals surface area contributed by atoms with Crippen molar-refractivity contribution in [3.05, 3.63) is 35.4 Å². The molecule has 100 valence electrons. The number of rotatable bonds is 2. The lowest BCUT2D eigenvalue weighted by Crippen LogP contribution is -1.95. The van der Waals surface area contributed by atoms with Crippen LogP contribution in [0.3, 0.4) is 0 Å². The highest BCUT2D eigenvalue weighted by Crippen LogP contribution is 2.10. The van der Waals surface area contributed by atoms with Crippen LogP contribution in [0.15, 0.2) is 24.3 Å². The standard InChI is InChI=1S/C10H14.C2H3F3.C2H6/c1-3-6-10-8-5-4-7-9(10)2;1-2(3,4)5;1-2/h4-5,7-8H,3,6H2,1-2H3;1H3;1-2H3. The number of hydrogen-bond donors (Lipinski definition) is 0. The summed E-state index contributed by atoms with van der Waals surface area (Å²) in [4.78, 5) is 0. The molecule has 0 aliphatic carbocycles. The van der Waals surface area contributed by atoms with Crippen molar-refractivity contribution in [3.8, 4) is 0 Å². The van der Waals surface area contributed by atoms with Crippen LogP contribution in [-0.2, 0) is 6.42 Å². The Morgan fingerprint density at radius 2 is 1.47 bits per heavy atom. The molecule has 0 radical (unpaired) electrons. The zero-order chi connectivity index (χ0) is 13.9. The highest BCUT2D eigenvalue weighted by molar-refractivity contribution is 5.25. The third kappa shape index (κ3) is 15.0. The van der Waals surface area contributed by atoms with Gasteiger partial charge in [-0.25, -0.2) is 0 Å². The summed E-state index contributed by atoms with van der Waals surface area (Å²) in [5.74, 6) is 0. The van der Waals surface area contributed by atoms with Gasteiger partial charge in [-0.1, -0.05) is 51.5 Å². The van der Waals surface area contributed by atoms with Crippen LogP contribution in [0.1, 0.15) is 45.2 Å². The Kier molecular flexibility index (Phi) is 11.0. The third-order valence-electron chi connectivity index (χ3n) is 1.78. The van der Waals surface area contributed by atoms with E-state index in [1.807, 2.05) is 13.8 Å². The summed E-state index contributed by atoms with van der Waals surface area (Å²) in [6.07, 6.45) is -1.54.